The van der Waals surface area contributed by atoms with E-state index in [9.17, 15) is 9.65 Å². The lowest BCUT2D eigenvalue weighted by molar-refractivity contribution is 0.367. The van der Waals surface area contributed by atoms with Gasteiger partial charge in [-0.25, -0.2) is 9.07 Å². The number of aryl methyl sites for hydroxylation is 1. The van der Waals surface area contributed by atoms with Crippen LogP contribution >= 0.6 is 0 Å². The first-order valence-corrected chi connectivity index (χ1v) is 8.08. The first-order chi connectivity index (χ1) is 12.6. The molecule has 4 rings (SSSR count). The Kier molecular flexibility index (Phi) is 3.70. The molecule has 0 spiro atoms. The quantitative estimate of drug-likeness (QED) is 0.770. The van der Waals surface area contributed by atoms with Gasteiger partial charge in [0.1, 0.15) is 17.5 Å². The van der Waals surface area contributed by atoms with Gasteiger partial charge in [-0.1, -0.05) is 30.3 Å². The maximum Gasteiger partial charge on any atom is 0.229 e. The van der Waals surface area contributed by atoms with Crippen LogP contribution in [0.5, 0.6) is 5.88 Å². The summed E-state index contributed by atoms with van der Waals surface area (Å²) in [5.74, 6) is -0.198. The Morgan fingerprint density at radius 2 is 1.85 bits per heavy atom. The van der Waals surface area contributed by atoms with E-state index in [1.807, 2.05) is 37.3 Å². The molecule has 5 nitrogen and oxygen atoms in total. The lowest BCUT2D eigenvalue weighted by atomic mass is 9.84. The molecule has 1 aromatic heterocycles. The Bertz CT molecular complexity index is 1050. The predicted molar refractivity (Wildman–Crippen MR) is 94.0 cm³/mol. The Morgan fingerprint density at radius 1 is 1.15 bits per heavy atom. The van der Waals surface area contributed by atoms with Crippen molar-refractivity contribution in [3.8, 4) is 17.6 Å². The second-order valence-corrected chi connectivity index (χ2v) is 6.03. The van der Waals surface area contributed by atoms with Crippen molar-refractivity contribution in [2.24, 2.45) is 5.73 Å². The standard InChI is InChI=1S/C20H15FN4O/c1-12-17-18(13-5-3-2-4-6-13)16(11-22)19(23)26-20(17)25(24-12)15-9-7-14(21)8-10-15/h2-10,18H,23H2,1H3/t18-/m0/s1. The van der Waals surface area contributed by atoms with Crippen LogP contribution in [0, 0.1) is 24.1 Å². The third-order valence-electron chi connectivity index (χ3n) is 4.44. The minimum atomic E-state index is -0.362. The maximum atomic E-state index is 13.3. The average Bonchev–Trinajstić information content (AvgIpc) is 2.98. The fraction of sp³-hybridized carbons (Fsp3) is 0.100. The number of nitrogens with zero attached hydrogens (tertiary/aromatic N) is 3. The fourth-order valence-electron chi connectivity index (χ4n) is 3.25. The van der Waals surface area contributed by atoms with Gasteiger partial charge in [-0.05, 0) is 36.8 Å². The molecule has 3 aromatic rings. The number of nitrogens with two attached hydrogens (primary N) is 1. The largest absolute Gasteiger partial charge is 0.422 e. The van der Waals surface area contributed by atoms with Gasteiger partial charge in [-0.15, -0.1) is 0 Å². The molecule has 0 bridgehead atoms. The summed E-state index contributed by atoms with van der Waals surface area (Å²) in [7, 11) is 0. The van der Waals surface area contributed by atoms with Gasteiger partial charge in [0.25, 0.3) is 0 Å². The van der Waals surface area contributed by atoms with Crippen molar-refractivity contribution in [1.82, 2.24) is 9.78 Å². The normalized spacial score (nSPS) is 16.0. The van der Waals surface area contributed by atoms with E-state index in [0.29, 0.717) is 17.1 Å². The minimum Gasteiger partial charge on any atom is -0.422 e. The zero-order valence-corrected chi connectivity index (χ0v) is 14.0. The van der Waals surface area contributed by atoms with Crippen LogP contribution in [-0.4, -0.2) is 9.78 Å². The SMILES string of the molecule is Cc1nn(-c2ccc(F)cc2)c2c1[C@@H](c1ccccc1)C(C#N)=C(N)O2. The van der Waals surface area contributed by atoms with Crippen molar-refractivity contribution in [2.75, 3.05) is 0 Å². The number of halogens is 1. The first kappa shape index (κ1) is 15.9. The van der Waals surface area contributed by atoms with E-state index in [-0.39, 0.29) is 17.6 Å². The van der Waals surface area contributed by atoms with Gasteiger partial charge in [0.2, 0.25) is 11.8 Å². The molecule has 0 saturated heterocycles. The molecule has 26 heavy (non-hydrogen) atoms. The molecular weight excluding hydrogens is 331 g/mol. The fourth-order valence-corrected chi connectivity index (χ4v) is 3.25. The molecule has 0 radical (unpaired) electrons. The predicted octanol–water partition coefficient (Wildman–Crippen LogP) is 3.54. The lowest BCUT2D eigenvalue weighted by Crippen LogP contribution is -2.22. The Labute approximate surface area is 149 Å². The van der Waals surface area contributed by atoms with Crippen LogP contribution in [0.4, 0.5) is 4.39 Å². The smallest absolute Gasteiger partial charge is 0.229 e. The van der Waals surface area contributed by atoms with Gasteiger partial charge in [-0.2, -0.15) is 10.4 Å². The van der Waals surface area contributed by atoms with Crippen LogP contribution in [0.2, 0.25) is 0 Å². The van der Waals surface area contributed by atoms with E-state index >= 15 is 0 Å². The summed E-state index contributed by atoms with van der Waals surface area (Å²) in [6, 6.07) is 17.7. The van der Waals surface area contributed by atoms with Crippen LogP contribution in [0.25, 0.3) is 5.69 Å². The van der Waals surface area contributed by atoms with Crippen molar-refractivity contribution in [3.63, 3.8) is 0 Å². The highest BCUT2D eigenvalue weighted by Gasteiger charge is 2.35. The highest BCUT2D eigenvalue weighted by molar-refractivity contribution is 5.57. The van der Waals surface area contributed by atoms with Crippen LogP contribution in [0.3, 0.4) is 0 Å². The summed E-state index contributed by atoms with van der Waals surface area (Å²) in [4.78, 5) is 0. The molecule has 0 unspecified atom stereocenters. The van der Waals surface area contributed by atoms with E-state index in [1.165, 1.54) is 12.1 Å². The first-order valence-electron chi connectivity index (χ1n) is 8.08. The third-order valence-corrected chi connectivity index (χ3v) is 4.44. The van der Waals surface area contributed by atoms with Crippen LogP contribution in [0.1, 0.15) is 22.7 Å². The molecule has 6 heteroatoms. The number of aromatic nitrogens is 2. The van der Waals surface area contributed by atoms with Gasteiger partial charge >= 0.3 is 0 Å². The zero-order chi connectivity index (χ0) is 18.3. The van der Waals surface area contributed by atoms with Crippen molar-refractivity contribution in [3.05, 3.63) is 88.7 Å². The topological polar surface area (TPSA) is 76.9 Å². The van der Waals surface area contributed by atoms with E-state index in [2.05, 4.69) is 11.2 Å². The lowest BCUT2D eigenvalue weighted by Gasteiger charge is -2.24. The Hall–Kier alpha value is -3.59. The summed E-state index contributed by atoms with van der Waals surface area (Å²) in [5, 5.41) is 14.2. The van der Waals surface area contributed by atoms with Gasteiger partial charge in [0, 0.05) is 0 Å². The second kappa shape index (κ2) is 6.05. The van der Waals surface area contributed by atoms with Crippen molar-refractivity contribution >= 4 is 0 Å². The molecule has 0 aliphatic carbocycles. The molecular formula is C20H15FN4O. The Morgan fingerprint density at radius 3 is 2.50 bits per heavy atom. The van der Waals surface area contributed by atoms with Crippen molar-refractivity contribution in [2.45, 2.75) is 12.8 Å². The monoisotopic (exact) mass is 346 g/mol. The number of fused-ring (bicyclic) bond motifs is 1. The van der Waals surface area contributed by atoms with Gasteiger partial charge in [0.05, 0.1) is 22.9 Å². The molecule has 2 heterocycles. The number of nitriles is 1. The van der Waals surface area contributed by atoms with Crippen molar-refractivity contribution in [1.29, 1.82) is 5.26 Å². The van der Waals surface area contributed by atoms with E-state index < -0.39 is 0 Å². The molecule has 0 amide bonds. The Balaban J connectivity index is 1.95. The molecule has 1 atom stereocenters. The molecule has 1 aliphatic heterocycles. The number of ether oxygens (including phenoxy) is 1. The highest BCUT2D eigenvalue weighted by atomic mass is 19.1. The number of hydrogen-bond acceptors (Lipinski definition) is 4. The molecule has 128 valence electrons. The summed E-state index contributed by atoms with van der Waals surface area (Å²) < 4.78 is 20.6. The molecule has 0 fully saturated rings. The summed E-state index contributed by atoms with van der Waals surface area (Å²) in [6.07, 6.45) is 0. The average molecular weight is 346 g/mol. The highest BCUT2D eigenvalue weighted by Crippen LogP contribution is 2.44. The number of allylic oxidation sites excluding steroid dienone is 1. The minimum absolute atomic E-state index is 0.0529. The van der Waals surface area contributed by atoms with Crippen LogP contribution in [-0.2, 0) is 0 Å². The third kappa shape index (κ3) is 2.42. The van der Waals surface area contributed by atoms with Gasteiger partial charge < -0.3 is 10.5 Å². The van der Waals surface area contributed by atoms with Crippen LogP contribution < -0.4 is 10.5 Å². The van der Waals surface area contributed by atoms with E-state index in [4.69, 9.17) is 10.5 Å². The second-order valence-electron chi connectivity index (χ2n) is 6.03. The maximum absolute atomic E-state index is 13.3. The van der Waals surface area contributed by atoms with Crippen LogP contribution in [0.15, 0.2) is 66.1 Å². The summed E-state index contributed by atoms with van der Waals surface area (Å²) in [6.45, 7) is 1.86. The van der Waals surface area contributed by atoms with Gasteiger partial charge in [0.15, 0.2) is 0 Å². The molecule has 2 aromatic carbocycles. The molecule has 0 saturated carbocycles. The van der Waals surface area contributed by atoms with Crippen molar-refractivity contribution < 1.29 is 9.13 Å². The van der Waals surface area contributed by atoms with Gasteiger partial charge in [-0.3, -0.25) is 0 Å². The van der Waals surface area contributed by atoms with E-state index in [0.717, 1.165) is 16.8 Å². The molecule has 2 N–H and O–H groups in total. The zero-order valence-electron chi connectivity index (χ0n) is 14.0. The molecule has 1 aliphatic rings. The number of benzene rings is 2. The van der Waals surface area contributed by atoms with E-state index in [1.54, 1.807) is 16.8 Å². The summed E-state index contributed by atoms with van der Waals surface area (Å²) >= 11 is 0. The summed E-state index contributed by atoms with van der Waals surface area (Å²) in [5.41, 5.74) is 9.48. The number of rotatable bonds is 2. The number of hydrogen-bond donors (Lipinski definition) is 1.